The van der Waals surface area contributed by atoms with Crippen molar-refractivity contribution in [3.05, 3.63) is 42.0 Å². The Morgan fingerprint density at radius 1 is 1.15 bits per heavy atom. The molecule has 1 aliphatic rings. The lowest BCUT2D eigenvalue weighted by molar-refractivity contribution is -0.146. The van der Waals surface area contributed by atoms with E-state index in [1.54, 1.807) is 17.0 Å². The Kier molecular flexibility index (Phi) is 6.32. The molecule has 4 rings (SSSR count). The quantitative estimate of drug-likeness (QED) is 0.515. The second-order valence-corrected chi connectivity index (χ2v) is 8.37. The minimum absolute atomic E-state index is 0.000405. The van der Waals surface area contributed by atoms with Gasteiger partial charge in [0.25, 0.3) is 5.82 Å². The van der Waals surface area contributed by atoms with E-state index in [9.17, 15) is 22.4 Å². The van der Waals surface area contributed by atoms with Crippen molar-refractivity contribution >= 4 is 23.1 Å². The van der Waals surface area contributed by atoms with Gasteiger partial charge in [-0.3, -0.25) is 4.79 Å². The Labute approximate surface area is 193 Å². The predicted molar refractivity (Wildman–Crippen MR) is 116 cm³/mol. The standard InChI is InChI=1S/C22H24F4N6O2/c1-13(2)31(15-4-5-17(34-3)16(23)12-15)20(33)14-8-10-30(11-9-14)19-7-6-18-27-28-21(22(24,25)26)32(18)29-19/h4-7,12-14H,8-11H2,1-3H3. The first kappa shape index (κ1) is 23.7. The van der Waals surface area contributed by atoms with Crippen molar-refractivity contribution in [1.29, 1.82) is 0 Å². The Morgan fingerprint density at radius 2 is 1.85 bits per heavy atom. The molecule has 182 valence electrons. The number of carbonyl (C=O) groups excluding carboxylic acids is 1. The number of alkyl halides is 3. The average molecular weight is 480 g/mol. The molecule has 1 aliphatic heterocycles. The third kappa shape index (κ3) is 4.48. The fourth-order valence-electron chi connectivity index (χ4n) is 4.16. The Hall–Kier alpha value is -3.44. The molecule has 3 heterocycles. The maximum atomic E-state index is 14.3. The molecule has 0 N–H and O–H groups in total. The number of rotatable bonds is 5. The highest BCUT2D eigenvalue weighted by Gasteiger charge is 2.38. The van der Waals surface area contributed by atoms with E-state index in [1.165, 1.54) is 25.3 Å². The lowest BCUT2D eigenvalue weighted by Gasteiger charge is -2.36. The number of benzene rings is 1. The molecule has 2 aromatic heterocycles. The van der Waals surface area contributed by atoms with Crippen LogP contribution >= 0.6 is 0 Å². The van der Waals surface area contributed by atoms with Crippen LogP contribution in [0.25, 0.3) is 5.65 Å². The smallest absolute Gasteiger partial charge is 0.453 e. The summed E-state index contributed by atoms with van der Waals surface area (Å²) in [5.41, 5.74) is 0.445. The van der Waals surface area contributed by atoms with Gasteiger partial charge in [-0.15, -0.1) is 15.3 Å². The molecule has 1 aromatic carbocycles. The summed E-state index contributed by atoms with van der Waals surface area (Å²) < 4.78 is 59.4. The summed E-state index contributed by atoms with van der Waals surface area (Å²) in [6.45, 7) is 4.57. The topological polar surface area (TPSA) is 75.9 Å². The first-order valence-electron chi connectivity index (χ1n) is 10.8. The van der Waals surface area contributed by atoms with Crippen LogP contribution in [0.2, 0.25) is 0 Å². The summed E-state index contributed by atoms with van der Waals surface area (Å²) in [6, 6.07) is 7.23. The van der Waals surface area contributed by atoms with E-state index < -0.39 is 17.8 Å². The Balaban J connectivity index is 1.49. The summed E-state index contributed by atoms with van der Waals surface area (Å²) in [5, 5.41) is 10.8. The molecule has 3 aromatic rings. The number of hydrogen-bond donors (Lipinski definition) is 0. The van der Waals surface area contributed by atoms with Crippen LogP contribution in [0.4, 0.5) is 29.1 Å². The van der Waals surface area contributed by atoms with E-state index in [2.05, 4.69) is 15.3 Å². The van der Waals surface area contributed by atoms with E-state index in [-0.39, 0.29) is 29.3 Å². The lowest BCUT2D eigenvalue weighted by Crippen LogP contribution is -2.45. The summed E-state index contributed by atoms with van der Waals surface area (Å²) >= 11 is 0. The molecule has 0 atom stereocenters. The minimum atomic E-state index is -4.67. The summed E-state index contributed by atoms with van der Waals surface area (Å²) in [7, 11) is 1.37. The zero-order valence-corrected chi connectivity index (χ0v) is 18.9. The summed E-state index contributed by atoms with van der Waals surface area (Å²) in [4.78, 5) is 16.7. The zero-order valence-electron chi connectivity index (χ0n) is 18.9. The normalized spacial score (nSPS) is 15.2. The van der Waals surface area contributed by atoms with Gasteiger partial charge in [0.1, 0.15) is 5.82 Å². The van der Waals surface area contributed by atoms with Crippen molar-refractivity contribution in [2.24, 2.45) is 5.92 Å². The first-order chi connectivity index (χ1) is 16.1. The number of hydrogen-bond acceptors (Lipinski definition) is 6. The third-order valence-electron chi connectivity index (χ3n) is 5.84. The molecule has 0 unspecified atom stereocenters. The van der Waals surface area contributed by atoms with Gasteiger partial charge in [-0.25, -0.2) is 4.39 Å². The largest absolute Gasteiger partial charge is 0.494 e. The number of halogens is 4. The molecule has 0 aliphatic carbocycles. The number of methoxy groups -OCH3 is 1. The van der Waals surface area contributed by atoms with Crippen LogP contribution in [-0.2, 0) is 11.0 Å². The zero-order chi connectivity index (χ0) is 24.6. The monoisotopic (exact) mass is 480 g/mol. The van der Waals surface area contributed by atoms with Crippen molar-refractivity contribution in [2.45, 2.75) is 38.9 Å². The van der Waals surface area contributed by atoms with Crippen LogP contribution in [0.1, 0.15) is 32.5 Å². The molecule has 1 amide bonds. The molecule has 34 heavy (non-hydrogen) atoms. The van der Waals surface area contributed by atoms with Gasteiger partial charge in [-0.2, -0.15) is 17.7 Å². The predicted octanol–water partition coefficient (Wildman–Crippen LogP) is 3.95. The van der Waals surface area contributed by atoms with E-state index in [4.69, 9.17) is 4.74 Å². The molecule has 1 fully saturated rings. The fraction of sp³-hybridized carbons (Fsp3) is 0.455. The van der Waals surface area contributed by atoms with E-state index in [0.29, 0.717) is 42.0 Å². The molecular formula is C22H24F4N6O2. The number of ether oxygens (including phenoxy) is 1. The van der Waals surface area contributed by atoms with Gasteiger partial charge >= 0.3 is 6.18 Å². The van der Waals surface area contributed by atoms with Gasteiger partial charge < -0.3 is 14.5 Å². The number of piperidine rings is 1. The SMILES string of the molecule is COc1ccc(N(C(=O)C2CCN(c3ccc4nnc(C(F)(F)F)n4n3)CC2)C(C)C)cc1F. The first-order valence-corrected chi connectivity index (χ1v) is 10.8. The van der Waals surface area contributed by atoms with Crippen LogP contribution in [0, 0.1) is 11.7 Å². The van der Waals surface area contributed by atoms with Gasteiger partial charge in [-0.1, -0.05) is 0 Å². The van der Waals surface area contributed by atoms with Gasteiger partial charge in [0.15, 0.2) is 17.2 Å². The second-order valence-electron chi connectivity index (χ2n) is 8.37. The van der Waals surface area contributed by atoms with Crippen LogP contribution in [0.15, 0.2) is 30.3 Å². The highest BCUT2D eigenvalue weighted by Crippen LogP contribution is 2.31. The van der Waals surface area contributed by atoms with Crippen LogP contribution in [-0.4, -0.2) is 52.0 Å². The molecule has 1 saturated heterocycles. The number of aromatic nitrogens is 4. The van der Waals surface area contributed by atoms with Gasteiger partial charge in [0.2, 0.25) is 5.91 Å². The number of carbonyl (C=O) groups is 1. The molecular weight excluding hydrogens is 456 g/mol. The summed E-state index contributed by atoms with van der Waals surface area (Å²) in [6.07, 6.45) is -3.71. The Morgan fingerprint density at radius 3 is 2.44 bits per heavy atom. The number of anilines is 2. The summed E-state index contributed by atoms with van der Waals surface area (Å²) in [5.74, 6) is -1.73. The third-order valence-corrected chi connectivity index (χ3v) is 5.84. The molecule has 0 saturated carbocycles. The van der Waals surface area contributed by atoms with Crippen molar-refractivity contribution in [1.82, 2.24) is 19.8 Å². The lowest BCUT2D eigenvalue weighted by atomic mass is 9.94. The van der Waals surface area contributed by atoms with Gasteiger partial charge in [0, 0.05) is 36.8 Å². The fourth-order valence-corrected chi connectivity index (χ4v) is 4.16. The Bertz CT molecular complexity index is 1190. The van der Waals surface area contributed by atoms with Gasteiger partial charge in [-0.05, 0) is 51.0 Å². The highest BCUT2D eigenvalue weighted by atomic mass is 19.4. The number of nitrogens with zero attached hydrogens (tertiary/aromatic N) is 6. The molecule has 0 bridgehead atoms. The van der Waals surface area contributed by atoms with Crippen LogP contribution in [0.3, 0.4) is 0 Å². The maximum Gasteiger partial charge on any atom is 0.453 e. The highest BCUT2D eigenvalue weighted by molar-refractivity contribution is 5.95. The molecule has 12 heteroatoms. The average Bonchev–Trinajstić information content (AvgIpc) is 3.23. The second kappa shape index (κ2) is 9.07. The number of fused-ring (bicyclic) bond motifs is 1. The molecule has 8 nitrogen and oxygen atoms in total. The number of amides is 1. The van der Waals surface area contributed by atoms with Crippen LogP contribution < -0.4 is 14.5 Å². The van der Waals surface area contributed by atoms with Crippen molar-refractivity contribution in [3.8, 4) is 5.75 Å². The van der Waals surface area contributed by atoms with Crippen LogP contribution in [0.5, 0.6) is 5.75 Å². The molecule has 0 radical (unpaired) electrons. The minimum Gasteiger partial charge on any atom is -0.494 e. The van der Waals surface area contributed by atoms with E-state index >= 15 is 0 Å². The maximum absolute atomic E-state index is 14.3. The van der Waals surface area contributed by atoms with Crippen molar-refractivity contribution < 1.29 is 27.1 Å². The molecule has 0 spiro atoms. The van der Waals surface area contributed by atoms with E-state index in [0.717, 1.165) is 0 Å². The van der Waals surface area contributed by atoms with Gasteiger partial charge in [0.05, 0.1) is 7.11 Å². The van der Waals surface area contributed by atoms with E-state index in [1.807, 2.05) is 18.7 Å². The van der Waals surface area contributed by atoms with Crippen molar-refractivity contribution in [2.75, 3.05) is 30.0 Å². The van der Waals surface area contributed by atoms with Crippen molar-refractivity contribution in [3.63, 3.8) is 0 Å².